The summed E-state index contributed by atoms with van der Waals surface area (Å²) in [6.45, 7) is 5.41. The van der Waals surface area contributed by atoms with E-state index in [0.29, 0.717) is 6.04 Å². The van der Waals surface area contributed by atoms with E-state index < -0.39 is 0 Å². The average molecular weight is 193 g/mol. The molecule has 0 amide bonds. The molecule has 1 saturated carbocycles. The Morgan fingerprint density at radius 3 is 3.00 bits per heavy atom. The first-order chi connectivity index (χ1) is 6.77. The fourth-order valence-corrected chi connectivity index (χ4v) is 1.82. The summed E-state index contributed by atoms with van der Waals surface area (Å²) in [5, 5.41) is 10.5. The molecule has 1 heterocycles. The van der Waals surface area contributed by atoms with Crippen molar-refractivity contribution in [1.82, 2.24) is 15.5 Å². The summed E-state index contributed by atoms with van der Waals surface area (Å²) >= 11 is 0. The lowest BCUT2D eigenvalue weighted by Gasteiger charge is -2.12. The molecular formula is C11H19N3. The molecule has 1 unspecified atom stereocenters. The van der Waals surface area contributed by atoms with Gasteiger partial charge in [0, 0.05) is 17.3 Å². The Kier molecular flexibility index (Phi) is 2.87. The van der Waals surface area contributed by atoms with Gasteiger partial charge >= 0.3 is 0 Å². The fourth-order valence-electron chi connectivity index (χ4n) is 1.82. The van der Waals surface area contributed by atoms with Crippen molar-refractivity contribution in [3.63, 3.8) is 0 Å². The van der Waals surface area contributed by atoms with E-state index in [1.54, 1.807) is 0 Å². The second kappa shape index (κ2) is 4.13. The van der Waals surface area contributed by atoms with Crippen LogP contribution < -0.4 is 5.32 Å². The lowest BCUT2D eigenvalue weighted by molar-refractivity contribution is 0.538. The summed E-state index contributed by atoms with van der Waals surface area (Å²) in [6.07, 6.45) is 6.15. The SMILES string of the molecule is Cc1[nH]ncc1C(C)NCCC1CC1. The largest absolute Gasteiger partial charge is 0.310 e. The molecule has 0 saturated heterocycles. The van der Waals surface area contributed by atoms with Gasteiger partial charge in [-0.15, -0.1) is 0 Å². The first kappa shape index (κ1) is 9.71. The second-order valence-corrected chi connectivity index (χ2v) is 4.36. The van der Waals surface area contributed by atoms with Crippen LogP contribution in [0.3, 0.4) is 0 Å². The van der Waals surface area contributed by atoms with E-state index in [4.69, 9.17) is 0 Å². The van der Waals surface area contributed by atoms with Crippen molar-refractivity contribution >= 4 is 0 Å². The molecule has 1 aromatic heterocycles. The second-order valence-electron chi connectivity index (χ2n) is 4.36. The number of aryl methyl sites for hydroxylation is 1. The van der Waals surface area contributed by atoms with E-state index in [0.717, 1.165) is 12.5 Å². The van der Waals surface area contributed by atoms with E-state index >= 15 is 0 Å². The van der Waals surface area contributed by atoms with Crippen LogP contribution in [0, 0.1) is 12.8 Å². The molecule has 1 atom stereocenters. The molecule has 2 N–H and O–H groups in total. The van der Waals surface area contributed by atoms with Crippen LogP contribution in [0.1, 0.15) is 43.5 Å². The van der Waals surface area contributed by atoms with Gasteiger partial charge in [-0.05, 0) is 32.7 Å². The molecule has 14 heavy (non-hydrogen) atoms. The number of H-pyrrole nitrogens is 1. The van der Waals surface area contributed by atoms with Crippen molar-refractivity contribution in [2.45, 2.75) is 39.2 Å². The molecule has 1 fully saturated rings. The van der Waals surface area contributed by atoms with Crippen LogP contribution in [0.25, 0.3) is 0 Å². The highest BCUT2D eigenvalue weighted by atomic mass is 15.1. The van der Waals surface area contributed by atoms with Crippen molar-refractivity contribution in [2.24, 2.45) is 5.92 Å². The normalized spacial score (nSPS) is 18.4. The van der Waals surface area contributed by atoms with Crippen LogP contribution >= 0.6 is 0 Å². The number of hydrogen-bond acceptors (Lipinski definition) is 2. The van der Waals surface area contributed by atoms with Crippen LogP contribution in [0.15, 0.2) is 6.20 Å². The molecule has 3 heteroatoms. The highest BCUT2D eigenvalue weighted by Crippen LogP contribution is 2.31. The van der Waals surface area contributed by atoms with Crippen LogP contribution in [0.4, 0.5) is 0 Å². The topological polar surface area (TPSA) is 40.7 Å². The van der Waals surface area contributed by atoms with E-state index in [-0.39, 0.29) is 0 Å². The summed E-state index contributed by atoms with van der Waals surface area (Å²) in [5.41, 5.74) is 2.47. The first-order valence-corrected chi connectivity index (χ1v) is 5.50. The minimum atomic E-state index is 0.424. The molecule has 1 aromatic rings. The summed E-state index contributed by atoms with van der Waals surface area (Å²) < 4.78 is 0. The van der Waals surface area contributed by atoms with Crippen molar-refractivity contribution < 1.29 is 0 Å². The molecule has 3 nitrogen and oxygen atoms in total. The monoisotopic (exact) mass is 193 g/mol. The maximum Gasteiger partial charge on any atom is 0.0537 e. The molecular weight excluding hydrogens is 174 g/mol. The summed E-state index contributed by atoms with van der Waals surface area (Å²) in [5.74, 6) is 1.01. The van der Waals surface area contributed by atoms with E-state index in [9.17, 15) is 0 Å². The van der Waals surface area contributed by atoms with Crippen LogP contribution in [-0.4, -0.2) is 16.7 Å². The van der Waals surface area contributed by atoms with Crippen LogP contribution in [0.2, 0.25) is 0 Å². The van der Waals surface area contributed by atoms with Crippen LogP contribution in [0.5, 0.6) is 0 Å². The quantitative estimate of drug-likeness (QED) is 0.752. The molecule has 78 valence electrons. The van der Waals surface area contributed by atoms with Gasteiger partial charge in [-0.3, -0.25) is 5.10 Å². The van der Waals surface area contributed by atoms with E-state index in [2.05, 4.69) is 29.4 Å². The number of nitrogens with one attached hydrogen (secondary N) is 2. The van der Waals surface area contributed by atoms with Crippen molar-refractivity contribution in [1.29, 1.82) is 0 Å². The third kappa shape index (κ3) is 2.35. The van der Waals surface area contributed by atoms with Gasteiger partial charge in [0.1, 0.15) is 0 Å². The predicted octanol–water partition coefficient (Wildman–Crippen LogP) is 2.17. The number of aromatic amines is 1. The first-order valence-electron chi connectivity index (χ1n) is 5.50. The van der Waals surface area contributed by atoms with Gasteiger partial charge in [0.2, 0.25) is 0 Å². The van der Waals surface area contributed by atoms with E-state index in [1.165, 1.54) is 30.5 Å². The predicted molar refractivity (Wildman–Crippen MR) is 57.1 cm³/mol. The van der Waals surface area contributed by atoms with Crippen LogP contribution in [-0.2, 0) is 0 Å². The molecule has 2 rings (SSSR count). The standard InChI is InChI=1S/C11H19N3/c1-8(11-7-13-14-9(11)2)12-6-5-10-3-4-10/h7-8,10,12H,3-6H2,1-2H3,(H,13,14). The van der Waals surface area contributed by atoms with Gasteiger partial charge in [0.15, 0.2) is 0 Å². The average Bonchev–Trinajstić information content (AvgIpc) is 2.87. The Morgan fingerprint density at radius 2 is 2.43 bits per heavy atom. The minimum Gasteiger partial charge on any atom is -0.310 e. The lowest BCUT2D eigenvalue weighted by Crippen LogP contribution is -2.20. The highest BCUT2D eigenvalue weighted by molar-refractivity contribution is 5.18. The molecule has 1 aliphatic carbocycles. The summed E-state index contributed by atoms with van der Waals surface area (Å²) in [6, 6.07) is 0.424. The number of aromatic nitrogens is 2. The number of hydrogen-bond donors (Lipinski definition) is 2. The Labute approximate surface area is 85.3 Å². The van der Waals surface area contributed by atoms with E-state index in [1.807, 2.05) is 6.20 Å². The van der Waals surface area contributed by atoms with Gasteiger partial charge in [0.25, 0.3) is 0 Å². The Hall–Kier alpha value is -0.830. The maximum atomic E-state index is 4.03. The molecule has 0 bridgehead atoms. The Bertz CT molecular complexity index is 288. The van der Waals surface area contributed by atoms with Crippen molar-refractivity contribution in [2.75, 3.05) is 6.54 Å². The Morgan fingerprint density at radius 1 is 1.64 bits per heavy atom. The smallest absolute Gasteiger partial charge is 0.0537 e. The third-order valence-corrected chi connectivity index (χ3v) is 3.04. The van der Waals surface area contributed by atoms with Crippen molar-refractivity contribution in [3.05, 3.63) is 17.5 Å². The summed E-state index contributed by atoms with van der Waals surface area (Å²) in [7, 11) is 0. The maximum absolute atomic E-state index is 4.03. The Balaban J connectivity index is 1.76. The van der Waals surface area contributed by atoms with Gasteiger partial charge in [0.05, 0.1) is 6.20 Å². The summed E-state index contributed by atoms with van der Waals surface area (Å²) in [4.78, 5) is 0. The van der Waals surface area contributed by atoms with Gasteiger partial charge in [-0.1, -0.05) is 12.8 Å². The van der Waals surface area contributed by atoms with Gasteiger partial charge < -0.3 is 5.32 Å². The minimum absolute atomic E-state index is 0.424. The van der Waals surface area contributed by atoms with Crippen molar-refractivity contribution in [3.8, 4) is 0 Å². The molecule has 0 aromatic carbocycles. The third-order valence-electron chi connectivity index (χ3n) is 3.04. The number of nitrogens with zero attached hydrogens (tertiary/aromatic N) is 1. The molecule has 0 spiro atoms. The molecule has 0 aliphatic heterocycles. The van der Waals surface area contributed by atoms with Gasteiger partial charge in [-0.2, -0.15) is 5.10 Å². The zero-order chi connectivity index (χ0) is 9.97. The lowest BCUT2D eigenvalue weighted by atomic mass is 10.1. The number of rotatable bonds is 5. The fraction of sp³-hybridized carbons (Fsp3) is 0.727. The highest BCUT2D eigenvalue weighted by Gasteiger charge is 2.20. The molecule has 1 aliphatic rings. The zero-order valence-electron chi connectivity index (χ0n) is 9.01. The molecule has 0 radical (unpaired) electrons. The zero-order valence-corrected chi connectivity index (χ0v) is 9.01. The van der Waals surface area contributed by atoms with Gasteiger partial charge in [-0.25, -0.2) is 0 Å².